The van der Waals surface area contributed by atoms with E-state index in [9.17, 15) is 0 Å². The van der Waals surface area contributed by atoms with Gasteiger partial charge < -0.3 is 10.6 Å². The minimum Gasteiger partial charge on any atom is -0.356 e. The van der Waals surface area contributed by atoms with Gasteiger partial charge in [0.2, 0.25) is 0 Å². The number of aryl methyl sites for hydroxylation is 4. The Labute approximate surface area is 172 Å². The Morgan fingerprint density at radius 3 is 2.65 bits per heavy atom. The van der Waals surface area contributed by atoms with Gasteiger partial charge in [0.25, 0.3) is 0 Å². The van der Waals surface area contributed by atoms with Gasteiger partial charge in [-0.3, -0.25) is 4.99 Å². The summed E-state index contributed by atoms with van der Waals surface area (Å²) < 4.78 is 2.01. The lowest BCUT2D eigenvalue weighted by Gasteiger charge is -2.25. The molecule has 1 aromatic carbocycles. The number of guanidine groups is 1. The van der Waals surface area contributed by atoms with Crippen molar-refractivity contribution in [1.29, 1.82) is 0 Å². The number of rotatable bonds is 4. The molecule has 1 unspecified atom stereocenters. The summed E-state index contributed by atoms with van der Waals surface area (Å²) in [5.41, 5.74) is 3.98. The Morgan fingerprint density at radius 2 is 1.96 bits per heavy atom. The van der Waals surface area contributed by atoms with E-state index in [1.165, 1.54) is 16.7 Å². The smallest absolute Gasteiger partial charge is 0.191 e. The van der Waals surface area contributed by atoms with Gasteiger partial charge in [0.05, 0.1) is 6.04 Å². The maximum Gasteiger partial charge on any atom is 0.191 e. The number of hydrogen-bond acceptors (Lipinski definition) is 3. The Kier molecular flexibility index (Phi) is 7.43. The molecule has 1 aliphatic rings. The van der Waals surface area contributed by atoms with Crippen molar-refractivity contribution >= 4 is 29.9 Å². The number of fused-ring (bicyclic) bond motifs is 1. The van der Waals surface area contributed by atoms with Crippen LogP contribution in [0.3, 0.4) is 0 Å². The van der Waals surface area contributed by atoms with E-state index in [2.05, 4.69) is 57.8 Å². The number of benzene rings is 1. The van der Waals surface area contributed by atoms with Crippen molar-refractivity contribution in [2.24, 2.45) is 4.99 Å². The van der Waals surface area contributed by atoms with Crippen molar-refractivity contribution in [3.05, 3.63) is 46.5 Å². The van der Waals surface area contributed by atoms with E-state index in [1.807, 2.05) is 18.7 Å². The van der Waals surface area contributed by atoms with Crippen molar-refractivity contribution in [3.8, 4) is 0 Å². The van der Waals surface area contributed by atoms with Gasteiger partial charge >= 0.3 is 0 Å². The maximum absolute atomic E-state index is 4.57. The molecule has 0 saturated heterocycles. The fourth-order valence-electron chi connectivity index (χ4n) is 3.50. The summed E-state index contributed by atoms with van der Waals surface area (Å²) in [5.74, 6) is 2.67. The summed E-state index contributed by atoms with van der Waals surface area (Å²) in [7, 11) is 1.81. The van der Waals surface area contributed by atoms with Crippen LogP contribution in [0.2, 0.25) is 0 Å². The standard InChI is InChI=1S/C19H28N6.HI/c1-13-10-14(2)12-16(11-13)7-8-21-19(20-4)23-17-6-5-9-25-18(17)22-15(3)24-25;/h10-12,17H,5-9H2,1-4H3,(H2,20,21,23);1H. The molecule has 142 valence electrons. The molecule has 0 amide bonds. The fraction of sp³-hybridized carbons (Fsp3) is 0.526. The molecule has 0 aliphatic carbocycles. The predicted octanol–water partition coefficient (Wildman–Crippen LogP) is 3.06. The highest BCUT2D eigenvalue weighted by atomic mass is 127. The van der Waals surface area contributed by atoms with Gasteiger partial charge in [-0.1, -0.05) is 29.3 Å². The Morgan fingerprint density at radius 1 is 1.23 bits per heavy atom. The second-order valence-electron chi connectivity index (χ2n) is 6.82. The summed E-state index contributed by atoms with van der Waals surface area (Å²) in [6.45, 7) is 8.03. The van der Waals surface area contributed by atoms with E-state index < -0.39 is 0 Å². The average Bonchev–Trinajstić information content (AvgIpc) is 2.94. The summed E-state index contributed by atoms with van der Waals surface area (Å²) >= 11 is 0. The molecule has 1 atom stereocenters. The van der Waals surface area contributed by atoms with Crippen molar-refractivity contribution in [2.45, 2.75) is 52.6 Å². The molecule has 6 nitrogen and oxygen atoms in total. The van der Waals surface area contributed by atoms with Crippen LogP contribution < -0.4 is 10.6 Å². The van der Waals surface area contributed by atoms with E-state index in [-0.39, 0.29) is 30.0 Å². The molecule has 1 aliphatic heterocycles. The first-order chi connectivity index (χ1) is 12.0. The minimum atomic E-state index is 0. The van der Waals surface area contributed by atoms with Gasteiger partial charge in [-0.05, 0) is 45.6 Å². The molecule has 0 saturated carbocycles. The van der Waals surface area contributed by atoms with Crippen LogP contribution in [0.1, 0.15) is 47.2 Å². The van der Waals surface area contributed by atoms with Crippen molar-refractivity contribution < 1.29 is 0 Å². The van der Waals surface area contributed by atoms with Crippen LogP contribution >= 0.6 is 24.0 Å². The fourth-order valence-corrected chi connectivity index (χ4v) is 3.50. The molecule has 2 heterocycles. The molecular weight excluding hydrogens is 439 g/mol. The zero-order valence-corrected chi connectivity index (χ0v) is 18.4. The van der Waals surface area contributed by atoms with E-state index in [0.29, 0.717) is 0 Å². The lowest BCUT2D eigenvalue weighted by Crippen LogP contribution is -2.42. The van der Waals surface area contributed by atoms with E-state index in [0.717, 1.165) is 50.0 Å². The number of aliphatic imine (C=N–C) groups is 1. The summed E-state index contributed by atoms with van der Waals surface area (Å²) in [4.78, 5) is 8.94. The van der Waals surface area contributed by atoms with Crippen LogP contribution in [0.4, 0.5) is 0 Å². The molecule has 2 aromatic rings. The van der Waals surface area contributed by atoms with Crippen LogP contribution in [-0.2, 0) is 13.0 Å². The number of nitrogens with zero attached hydrogens (tertiary/aromatic N) is 4. The number of halogens is 1. The first-order valence-electron chi connectivity index (χ1n) is 9.01. The van der Waals surface area contributed by atoms with Crippen LogP contribution in [-0.4, -0.2) is 34.3 Å². The maximum atomic E-state index is 4.57. The molecule has 1 aromatic heterocycles. The highest BCUT2D eigenvalue weighted by Gasteiger charge is 2.24. The van der Waals surface area contributed by atoms with Crippen molar-refractivity contribution in [1.82, 2.24) is 25.4 Å². The zero-order valence-electron chi connectivity index (χ0n) is 16.0. The van der Waals surface area contributed by atoms with Crippen molar-refractivity contribution in [3.63, 3.8) is 0 Å². The quantitative estimate of drug-likeness (QED) is 0.411. The first-order valence-corrected chi connectivity index (χ1v) is 9.01. The van der Waals surface area contributed by atoms with Crippen LogP contribution in [0, 0.1) is 20.8 Å². The Balaban J connectivity index is 0.00000243. The highest BCUT2D eigenvalue weighted by molar-refractivity contribution is 14.0. The summed E-state index contributed by atoms with van der Waals surface area (Å²) in [6, 6.07) is 6.87. The SMILES string of the molecule is CN=C(NCCc1cc(C)cc(C)c1)NC1CCCn2nc(C)nc21.I. The second-order valence-corrected chi connectivity index (χ2v) is 6.82. The number of hydrogen-bond donors (Lipinski definition) is 2. The van der Waals surface area contributed by atoms with E-state index >= 15 is 0 Å². The predicted molar refractivity (Wildman–Crippen MR) is 116 cm³/mol. The van der Waals surface area contributed by atoms with Crippen LogP contribution in [0.25, 0.3) is 0 Å². The largest absolute Gasteiger partial charge is 0.356 e. The average molecular weight is 468 g/mol. The van der Waals surface area contributed by atoms with Gasteiger partial charge in [0, 0.05) is 20.1 Å². The van der Waals surface area contributed by atoms with Crippen LogP contribution in [0.15, 0.2) is 23.2 Å². The third-order valence-electron chi connectivity index (χ3n) is 4.50. The van der Waals surface area contributed by atoms with E-state index in [1.54, 1.807) is 0 Å². The molecule has 2 N–H and O–H groups in total. The number of nitrogens with one attached hydrogen (secondary N) is 2. The molecule has 7 heteroatoms. The normalized spacial score (nSPS) is 16.6. The summed E-state index contributed by atoms with van der Waals surface area (Å²) in [6.07, 6.45) is 3.13. The molecule has 0 fully saturated rings. The molecule has 3 rings (SSSR count). The third-order valence-corrected chi connectivity index (χ3v) is 4.50. The van der Waals surface area contributed by atoms with Gasteiger partial charge in [-0.2, -0.15) is 5.10 Å². The van der Waals surface area contributed by atoms with Gasteiger partial charge in [-0.15, -0.1) is 24.0 Å². The topological polar surface area (TPSA) is 67.1 Å². The Bertz CT molecular complexity index is 747. The zero-order chi connectivity index (χ0) is 17.8. The minimum absolute atomic E-state index is 0. The molecule has 26 heavy (non-hydrogen) atoms. The second kappa shape index (κ2) is 9.34. The molecular formula is C19H29IN6. The Hall–Kier alpha value is -1.64. The molecule has 0 spiro atoms. The van der Waals surface area contributed by atoms with E-state index in [4.69, 9.17) is 0 Å². The van der Waals surface area contributed by atoms with Gasteiger partial charge in [-0.25, -0.2) is 9.67 Å². The number of aromatic nitrogens is 3. The molecule has 0 radical (unpaired) electrons. The lowest BCUT2D eigenvalue weighted by molar-refractivity contribution is 0.398. The molecule has 0 bridgehead atoms. The van der Waals surface area contributed by atoms with Gasteiger partial charge in [0.15, 0.2) is 5.96 Å². The lowest BCUT2D eigenvalue weighted by atomic mass is 10.1. The van der Waals surface area contributed by atoms with Gasteiger partial charge in [0.1, 0.15) is 11.6 Å². The van der Waals surface area contributed by atoms with Crippen molar-refractivity contribution in [2.75, 3.05) is 13.6 Å². The summed E-state index contributed by atoms with van der Waals surface area (Å²) in [5, 5.41) is 11.4. The highest BCUT2D eigenvalue weighted by Crippen LogP contribution is 2.22. The monoisotopic (exact) mass is 468 g/mol. The van der Waals surface area contributed by atoms with Crippen LogP contribution in [0.5, 0.6) is 0 Å². The third kappa shape index (κ3) is 5.18. The first kappa shape index (κ1) is 20.7.